The molecular weight excluding hydrogens is 359 g/mol. The van der Waals surface area contributed by atoms with Gasteiger partial charge in [-0.15, -0.1) is 5.11 Å². The number of nitrogens with two attached hydrogens (primary N) is 1. The second kappa shape index (κ2) is 6.11. The van der Waals surface area contributed by atoms with E-state index in [9.17, 15) is 18.0 Å². The molecule has 0 bridgehead atoms. The van der Waals surface area contributed by atoms with E-state index >= 15 is 0 Å². The Balaban J connectivity index is 1.69. The van der Waals surface area contributed by atoms with Crippen LogP contribution in [-0.2, 0) is 23.8 Å². The van der Waals surface area contributed by atoms with Crippen LogP contribution in [0.15, 0.2) is 46.4 Å². The van der Waals surface area contributed by atoms with Crippen LogP contribution in [0.4, 0.5) is 18.9 Å². The highest BCUT2D eigenvalue weighted by Gasteiger charge is 2.30. The minimum atomic E-state index is -4.43. The Labute approximate surface area is 150 Å². The smallest absolute Gasteiger partial charge is 0.366 e. The first kappa shape index (κ1) is 17.1. The molecule has 9 heteroatoms. The van der Waals surface area contributed by atoms with Crippen LogP contribution in [-0.4, -0.2) is 15.9 Å². The van der Waals surface area contributed by atoms with E-state index in [-0.39, 0.29) is 6.42 Å². The van der Waals surface area contributed by atoms with Gasteiger partial charge in [-0.25, -0.2) is 0 Å². The van der Waals surface area contributed by atoms with E-state index in [4.69, 9.17) is 5.73 Å². The predicted octanol–water partition coefficient (Wildman–Crippen LogP) is 1.69. The number of aromatic nitrogens is 2. The summed E-state index contributed by atoms with van der Waals surface area (Å²) in [5.41, 5.74) is 7.34. The van der Waals surface area contributed by atoms with Crippen LogP contribution < -0.4 is 16.3 Å². The van der Waals surface area contributed by atoms with E-state index in [0.717, 1.165) is 17.8 Å². The zero-order chi connectivity index (χ0) is 19.2. The first-order valence-electron chi connectivity index (χ1n) is 7.98. The third kappa shape index (κ3) is 3.12. The molecule has 0 saturated heterocycles. The fourth-order valence-corrected chi connectivity index (χ4v) is 2.96. The Bertz CT molecular complexity index is 1130. The van der Waals surface area contributed by atoms with Gasteiger partial charge in [0.2, 0.25) is 5.91 Å². The molecule has 0 saturated carbocycles. The molecule has 4 rings (SSSR count). The summed E-state index contributed by atoms with van der Waals surface area (Å²) in [4.78, 5) is 19.7. The van der Waals surface area contributed by atoms with Crippen molar-refractivity contribution in [2.24, 2.45) is 16.0 Å². The molecule has 0 aromatic carbocycles. The molecule has 136 valence electrons. The van der Waals surface area contributed by atoms with Crippen molar-refractivity contribution in [3.8, 4) is 0 Å². The molecule has 27 heavy (non-hydrogen) atoms. The third-order valence-electron chi connectivity index (χ3n) is 4.39. The molecule has 1 aliphatic heterocycles. The molecular formula is C18H12F3N5O. The fourth-order valence-electron chi connectivity index (χ4n) is 2.96. The number of fused-ring (bicyclic) bond motifs is 3. The van der Waals surface area contributed by atoms with E-state index in [1.54, 1.807) is 18.3 Å². The van der Waals surface area contributed by atoms with Gasteiger partial charge in [-0.1, -0.05) is 6.08 Å². The lowest BCUT2D eigenvalue weighted by Gasteiger charge is -2.10. The topological polar surface area (TPSA) is 93.6 Å². The fraction of sp³-hybridized carbons (Fsp3) is 0.167. The number of pyridine rings is 2. The number of rotatable bonds is 3. The van der Waals surface area contributed by atoms with Crippen LogP contribution in [0, 0.1) is 0 Å². The maximum Gasteiger partial charge on any atom is 0.417 e. The van der Waals surface area contributed by atoms with Crippen LogP contribution in [0.25, 0.3) is 11.8 Å². The first-order chi connectivity index (χ1) is 12.8. The van der Waals surface area contributed by atoms with Gasteiger partial charge in [0.15, 0.2) is 0 Å². The van der Waals surface area contributed by atoms with Gasteiger partial charge in [-0.05, 0) is 18.2 Å². The first-order valence-corrected chi connectivity index (χ1v) is 7.98. The Hall–Kier alpha value is -3.36. The number of primary amides is 1. The largest absolute Gasteiger partial charge is 0.417 e. The minimum absolute atomic E-state index is 0.220. The summed E-state index contributed by atoms with van der Waals surface area (Å²) >= 11 is 0. The normalized spacial score (nSPS) is 15.1. The van der Waals surface area contributed by atoms with E-state index in [0.29, 0.717) is 39.6 Å². The summed E-state index contributed by atoms with van der Waals surface area (Å²) in [6.07, 6.45) is 1.85. The van der Waals surface area contributed by atoms with E-state index in [1.807, 2.05) is 0 Å². The van der Waals surface area contributed by atoms with Crippen LogP contribution in [0.2, 0.25) is 0 Å². The molecule has 1 aliphatic carbocycles. The van der Waals surface area contributed by atoms with Crippen LogP contribution in [0.1, 0.15) is 16.8 Å². The SMILES string of the molecule is NC(=O)C1=CC=c2ncc3c(c2C1)N=NC=3Cc1ccc(C(F)(F)F)cn1. The number of allylic oxidation sites excluding steroid dienone is 1. The lowest BCUT2D eigenvalue weighted by atomic mass is 9.98. The highest BCUT2D eigenvalue weighted by Crippen LogP contribution is 2.29. The summed E-state index contributed by atoms with van der Waals surface area (Å²) < 4.78 is 37.9. The number of nitrogens with zero attached hydrogens (tertiary/aromatic N) is 4. The Morgan fingerprint density at radius 2 is 1.93 bits per heavy atom. The maximum atomic E-state index is 12.6. The van der Waals surface area contributed by atoms with Crippen molar-refractivity contribution in [1.29, 1.82) is 0 Å². The van der Waals surface area contributed by atoms with Crippen molar-refractivity contribution in [1.82, 2.24) is 9.97 Å². The molecule has 6 nitrogen and oxygen atoms in total. The summed E-state index contributed by atoms with van der Waals surface area (Å²) in [7, 11) is 0. The molecule has 0 unspecified atom stereocenters. The number of azo groups is 1. The van der Waals surface area contributed by atoms with E-state index in [2.05, 4.69) is 20.2 Å². The summed E-state index contributed by atoms with van der Waals surface area (Å²) in [5.74, 6) is -0.511. The lowest BCUT2D eigenvalue weighted by Crippen LogP contribution is -2.26. The lowest BCUT2D eigenvalue weighted by molar-refractivity contribution is -0.137. The van der Waals surface area contributed by atoms with Gasteiger partial charge in [0, 0.05) is 47.3 Å². The third-order valence-corrected chi connectivity index (χ3v) is 4.39. The molecule has 0 atom stereocenters. The Kier molecular flexibility index (Phi) is 3.87. The summed E-state index contributed by atoms with van der Waals surface area (Å²) in [6, 6.07) is 2.30. The molecule has 0 fully saturated rings. The highest BCUT2D eigenvalue weighted by atomic mass is 19.4. The highest BCUT2D eigenvalue weighted by molar-refractivity contribution is 5.94. The monoisotopic (exact) mass is 371 g/mol. The Morgan fingerprint density at radius 3 is 2.59 bits per heavy atom. The number of hydrogen-bond acceptors (Lipinski definition) is 5. The van der Waals surface area contributed by atoms with Gasteiger partial charge in [0.25, 0.3) is 0 Å². The summed E-state index contributed by atoms with van der Waals surface area (Å²) in [5, 5.41) is 9.68. The summed E-state index contributed by atoms with van der Waals surface area (Å²) in [6.45, 7) is 0. The van der Waals surface area contributed by atoms with Gasteiger partial charge in [0.1, 0.15) is 5.69 Å². The number of alkyl halides is 3. The predicted molar refractivity (Wildman–Crippen MR) is 89.8 cm³/mol. The molecule has 2 N–H and O–H groups in total. The second-order valence-electron chi connectivity index (χ2n) is 6.14. The van der Waals surface area contributed by atoms with Crippen molar-refractivity contribution < 1.29 is 18.0 Å². The van der Waals surface area contributed by atoms with Gasteiger partial charge in [-0.2, -0.15) is 18.3 Å². The molecule has 0 radical (unpaired) electrons. The van der Waals surface area contributed by atoms with Crippen molar-refractivity contribution in [2.45, 2.75) is 19.0 Å². The number of halogens is 3. The zero-order valence-corrected chi connectivity index (χ0v) is 13.8. The van der Waals surface area contributed by atoms with Crippen molar-refractivity contribution in [3.05, 3.63) is 63.6 Å². The standard InChI is InChI=1S/C18H12F3N5O/c19-18(20,21)10-2-3-11(23-7-10)6-15-13-8-24-14-4-1-9(17(22)27)5-12(14)16(13)26-25-15/h1-4,7-8H,5-6H2,(H2,22,27). The van der Waals surface area contributed by atoms with Crippen molar-refractivity contribution in [3.63, 3.8) is 0 Å². The molecule has 0 spiro atoms. The average molecular weight is 371 g/mol. The maximum absolute atomic E-state index is 12.6. The van der Waals surface area contributed by atoms with Gasteiger partial charge in [0.05, 0.1) is 16.6 Å². The molecule has 2 aliphatic rings. The van der Waals surface area contributed by atoms with Crippen LogP contribution in [0.5, 0.6) is 0 Å². The van der Waals surface area contributed by atoms with Gasteiger partial charge < -0.3 is 5.73 Å². The van der Waals surface area contributed by atoms with Crippen molar-refractivity contribution >= 4 is 23.4 Å². The van der Waals surface area contributed by atoms with Crippen LogP contribution in [0.3, 0.4) is 0 Å². The van der Waals surface area contributed by atoms with Crippen molar-refractivity contribution in [2.75, 3.05) is 0 Å². The molecule has 2 aromatic heterocycles. The number of amides is 1. The zero-order valence-electron chi connectivity index (χ0n) is 13.8. The van der Waals surface area contributed by atoms with Gasteiger partial charge >= 0.3 is 6.18 Å². The number of carbonyl (C=O) groups excluding carboxylic acids is 1. The number of hydrogen-bond donors (Lipinski definition) is 1. The second-order valence-corrected chi connectivity index (χ2v) is 6.14. The molecule has 2 aromatic rings. The molecule has 3 heterocycles. The number of carbonyl (C=O) groups is 1. The quantitative estimate of drug-likeness (QED) is 0.890. The van der Waals surface area contributed by atoms with E-state index in [1.165, 1.54) is 6.07 Å². The Morgan fingerprint density at radius 1 is 1.11 bits per heavy atom. The van der Waals surface area contributed by atoms with Crippen LogP contribution >= 0.6 is 0 Å². The minimum Gasteiger partial charge on any atom is -0.366 e. The van der Waals surface area contributed by atoms with Gasteiger partial charge in [-0.3, -0.25) is 14.8 Å². The molecule has 1 amide bonds. The average Bonchev–Trinajstić information content (AvgIpc) is 3.04. The van der Waals surface area contributed by atoms with E-state index < -0.39 is 17.6 Å².